The molecule has 32 heavy (non-hydrogen) atoms. The zero-order valence-corrected chi connectivity index (χ0v) is 18.9. The predicted molar refractivity (Wildman–Crippen MR) is 127 cm³/mol. The van der Waals surface area contributed by atoms with Gasteiger partial charge >= 0.3 is 6.09 Å². The third kappa shape index (κ3) is 5.95. The van der Waals surface area contributed by atoms with Crippen molar-refractivity contribution in [2.75, 3.05) is 5.32 Å². The highest BCUT2D eigenvalue weighted by Gasteiger charge is 2.16. The van der Waals surface area contributed by atoms with E-state index in [9.17, 15) is 4.79 Å². The van der Waals surface area contributed by atoms with E-state index in [2.05, 4.69) is 32.5 Å². The number of amides is 1. The van der Waals surface area contributed by atoms with E-state index in [1.54, 1.807) is 0 Å². The smallest absolute Gasteiger partial charge is 0.412 e. The molecule has 0 aliphatic heterocycles. The molecule has 3 rings (SSSR count). The van der Waals surface area contributed by atoms with Crippen LogP contribution >= 0.6 is 0 Å². The first-order valence-corrected chi connectivity index (χ1v) is 10.8. The number of carbonyl (C=O) groups excluding carboxylic acids is 1. The van der Waals surface area contributed by atoms with Crippen LogP contribution in [-0.2, 0) is 11.2 Å². The number of hydrogen-bond donors (Lipinski definition) is 1. The van der Waals surface area contributed by atoms with Crippen molar-refractivity contribution < 1.29 is 9.53 Å². The second-order valence-corrected chi connectivity index (χ2v) is 8.58. The number of unbranched alkanes of at least 4 members (excludes halogenated alkanes) is 2. The van der Waals surface area contributed by atoms with Crippen LogP contribution in [-0.4, -0.2) is 21.9 Å². The first kappa shape index (κ1) is 23.0. The van der Waals surface area contributed by atoms with Gasteiger partial charge in [0, 0.05) is 16.0 Å². The second kappa shape index (κ2) is 10.1. The van der Waals surface area contributed by atoms with E-state index in [4.69, 9.17) is 10.3 Å². The van der Waals surface area contributed by atoms with Gasteiger partial charge in [-0.3, -0.25) is 5.32 Å². The number of nitrogens with one attached hydrogen (secondary N) is 1. The summed E-state index contributed by atoms with van der Waals surface area (Å²) in [6, 6.07) is 13.3. The maximum absolute atomic E-state index is 12.0. The fourth-order valence-electron chi connectivity index (χ4n) is 3.34. The number of azide groups is 1. The Hall–Kier alpha value is -3.64. The monoisotopic (exact) mass is 432 g/mol. The molecule has 8 nitrogen and oxygen atoms in total. The molecule has 0 unspecified atom stereocenters. The first-order chi connectivity index (χ1) is 15.3. The lowest BCUT2D eigenvalue weighted by atomic mass is 10.0. The van der Waals surface area contributed by atoms with Gasteiger partial charge in [-0.2, -0.15) is 10.2 Å². The van der Waals surface area contributed by atoms with Crippen LogP contribution in [0.1, 0.15) is 52.7 Å². The van der Waals surface area contributed by atoms with E-state index in [1.807, 2.05) is 63.2 Å². The summed E-state index contributed by atoms with van der Waals surface area (Å²) in [7, 11) is 0. The second-order valence-electron chi connectivity index (χ2n) is 8.58. The van der Waals surface area contributed by atoms with E-state index in [1.165, 1.54) is 0 Å². The lowest BCUT2D eigenvalue weighted by Gasteiger charge is -2.19. The highest BCUT2D eigenvalue weighted by atomic mass is 16.6. The number of anilines is 1. The normalized spacial score (nSPS) is 11.1. The molecular weight excluding hydrogens is 404 g/mol. The quantitative estimate of drug-likeness (QED) is 0.182. The molecule has 0 spiro atoms. The molecule has 0 saturated carbocycles. The van der Waals surface area contributed by atoms with Crippen molar-refractivity contribution in [3.8, 4) is 11.1 Å². The predicted octanol–water partition coefficient (Wildman–Crippen LogP) is 7.32. The van der Waals surface area contributed by atoms with Crippen molar-refractivity contribution in [2.24, 2.45) is 5.11 Å². The molecule has 2 aromatic carbocycles. The Labute approximate surface area is 187 Å². The van der Waals surface area contributed by atoms with Crippen LogP contribution < -0.4 is 5.32 Å². The summed E-state index contributed by atoms with van der Waals surface area (Å²) in [6.07, 6.45) is 3.38. The van der Waals surface area contributed by atoms with Crippen molar-refractivity contribution in [3.63, 3.8) is 0 Å². The molecule has 0 aliphatic rings. The fourth-order valence-corrected chi connectivity index (χ4v) is 3.34. The molecule has 0 radical (unpaired) electrons. The van der Waals surface area contributed by atoms with Gasteiger partial charge in [-0.15, -0.1) is 0 Å². The van der Waals surface area contributed by atoms with Gasteiger partial charge < -0.3 is 4.74 Å². The lowest BCUT2D eigenvalue weighted by Crippen LogP contribution is -2.27. The SMILES string of the molecule is CCCCCc1nnc2ccc(-c3ccc(NC(=O)OC(C)(C)C)cc3)cc2c1N=[N+]=[N-]. The zero-order chi connectivity index (χ0) is 23.1. The highest BCUT2D eigenvalue weighted by Crippen LogP contribution is 2.32. The summed E-state index contributed by atoms with van der Waals surface area (Å²) in [5.41, 5.74) is 13.0. The maximum atomic E-state index is 12.0. The molecule has 0 fully saturated rings. The summed E-state index contributed by atoms with van der Waals surface area (Å²) < 4.78 is 5.28. The molecule has 0 aliphatic carbocycles. The molecule has 166 valence electrons. The van der Waals surface area contributed by atoms with E-state index in [0.29, 0.717) is 16.9 Å². The van der Waals surface area contributed by atoms with Crippen LogP contribution in [0.4, 0.5) is 16.2 Å². The van der Waals surface area contributed by atoms with Crippen LogP contribution in [0.2, 0.25) is 0 Å². The van der Waals surface area contributed by atoms with Crippen molar-refractivity contribution in [1.29, 1.82) is 0 Å². The molecule has 0 atom stereocenters. The van der Waals surface area contributed by atoms with Crippen molar-refractivity contribution in [1.82, 2.24) is 10.2 Å². The average molecular weight is 433 g/mol. The van der Waals surface area contributed by atoms with Crippen molar-refractivity contribution in [2.45, 2.75) is 59.0 Å². The first-order valence-electron chi connectivity index (χ1n) is 10.8. The minimum atomic E-state index is -0.559. The van der Waals surface area contributed by atoms with Crippen LogP contribution in [0.15, 0.2) is 47.6 Å². The number of rotatable bonds is 7. The molecule has 1 heterocycles. The van der Waals surface area contributed by atoms with E-state index < -0.39 is 11.7 Å². The van der Waals surface area contributed by atoms with Crippen molar-refractivity contribution in [3.05, 3.63) is 58.6 Å². The number of fused-ring (bicyclic) bond motifs is 1. The molecule has 1 N–H and O–H groups in total. The Kier molecular flexibility index (Phi) is 7.28. The minimum Gasteiger partial charge on any atom is -0.444 e. The Balaban J connectivity index is 1.89. The van der Waals surface area contributed by atoms with E-state index in [-0.39, 0.29) is 0 Å². The third-order valence-electron chi connectivity index (χ3n) is 4.83. The summed E-state index contributed by atoms with van der Waals surface area (Å²) in [5.74, 6) is 0. The number of aromatic nitrogens is 2. The van der Waals surface area contributed by atoms with Crippen LogP contribution in [0.3, 0.4) is 0 Å². The number of ether oxygens (including phenoxy) is 1. The minimum absolute atomic E-state index is 0.496. The number of carbonyl (C=O) groups is 1. The summed E-state index contributed by atoms with van der Waals surface area (Å²) in [6.45, 7) is 7.60. The largest absolute Gasteiger partial charge is 0.444 e. The molecular formula is C24H28N6O2. The zero-order valence-electron chi connectivity index (χ0n) is 18.9. The maximum Gasteiger partial charge on any atom is 0.412 e. The number of benzene rings is 2. The standard InChI is InChI=1S/C24H28N6O2/c1-5-6-7-8-21-22(29-30-25)19-15-17(11-14-20(19)27-28-21)16-9-12-18(13-10-16)26-23(31)32-24(2,3)4/h9-15H,5-8H2,1-4H3,(H,26,31). The van der Waals surface area contributed by atoms with Gasteiger partial charge in [0.05, 0.1) is 16.9 Å². The highest BCUT2D eigenvalue weighted by molar-refractivity contribution is 5.94. The summed E-state index contributed by atoms with van der Waals surface area (Å²) >= 11 is 0. The summed E-state index contributed by atoms with van der Waals surface area (Å²) in [4.78, 5) is 15.0. The van der Waals surface area contributed by atoms with Gasteiger partial charge in [0.15, 0.2) is 0 Å². The third-order valence-corrected chi connectivity index (χ3v) is 4.83. The van der Waals surface area contributed by atoms with Gasteiger partial charge in [0.25, 0.3) is 0 Å². The number of aryl methyl sites for hydroxylation is 1. The Bertz CT molecular complexity index is 1150. The topological polar surface area (TPSA) is 113 Å². The van der Waals surface area contributed by atoms with Crippen LogP contribution in [0, 0.1) is 0 Å². The fraction of sp³-hybridized carbons (Fsp3) is 0.375. The van der Waals surface area contributed by atoms with E-state index in [0.717, 1.165) is 47.9 Å². The molecule has 3 aromatic rings. The average Bonchev–Trinajstić information content (AvgIpc) is 2.74. The Morgan fingerprint density at radius 2 is 1.81 bits per heavy atom. The summed E-state index contributed by atoms with van der Waals surface area (Å²) in [5, 5.41) is 16.1. The Morgan fingerprint density at radius 3 is 2.47 bits per heavy atom. The van der Waals surface area contributed by atoms with Gasteiger partial charge in [-0.1, -0.05) is 43.1 Å². The lowest BCUT2D eigenvalue weighted by molar-refractivity contribution is 0.0636. The van der Waals surface area contributed by atoms with Crippen molar-refractivity contribution >= 4 is 28.4 Å². The van der Waals surface area contributed by atoms with Gasteiger partial charge in [-0.05, 0) is 74.5 Å². The van der Waals surface area contributed by atoms with Gasteiger partial charge in [0.2, 0.25) is 0 Å². The molecule has 0 saturated heterocycles. The number of hydrogen-bond acceptors (Lipinski definition) is 5. The van der Waals surface area contributed by atoms with Gasteiger partial charge in [-0.25, -0.2) is 4.79 Å². The van der Waals surface area contributed by atoms with E-state index >= 15 is 0 Å². The Morgan fingerprint density at radius 1 is 1.09 bits per heavy atom. The van der Waals surface area contributed by atoms with Crippen LogP contribution in [0.5, 0.6) is 0 Å². The molecule has 1 aromatic heterocycles. The number of nitrogens with zero attached hydrogens (tertiary/aromatic N) is 5. The van der Waals surface area contributed by atoms with Crippen LogP contribution in [0.25, 0.3) is 32.5 Å². The molecule has 8 heteroatoms. The molecule has 0 bridgehead atoms. The molecule has 1 amide bonds. The van der Waals surface area contributed by atoms with Gasteiger partial charge in [0.1, 0.15) is 5.60 Å².